The highest BCUT2D eigenvalue weighted by molar-refractivity contribution is 8.76. The van der Waals surface area contributed by atoms with E-state index in [0.717, 1.165) is 27.3 Å². The first-order valence-corrected chi connectivity index (χ1v) is 14.6. The summed E-state index contributed by atoms with van der Waals surface area (Å²) < 4.78 is 17.6. The largest absolute Gasteiger partial charge is 0.454 e. The Labute approximate surface area is 227 Å². The molecule has 0 unspecified atom stereocenters. The molecule has 3 rings (SSSR count). The van der Waals surface area contributed by atoms with Gasteiger partial charge in [0.05, 0.1) is 30.4 Å². The fraction of sp³-hybridized carbons (Fsp3) is 0.333. The highest BCUT2D eigenvalue weighted by Crippen LogP contribution is 2.39. The van der Waals surface area contributed by atoms with Crippen molar-refractivity contribution >= 4 is 33.5 Å². The summed E-state index contributed by atoms with van der Waals surface area (Å²) in [5, 5.41) is 0. The average molecular weight is 539 g/mol. The lowest BCUT2D eigenvalue weighted by Crippen LogP contribution is -2.33. The van der Waals surface area contributed by atoms with Gasteiger partial charge in [0, 0.05) is 5.75 Å². The standard InChI is InChI=1S/C30H34O5S2/c1-5-36-37-26-18-12-13-22(2)28(26)34-27(31)19-24(21-33-20-23-14-8-6-9-15-23)29(32)35-30(3,4)25-16-10-7-11-17-25/h6-18,24H,5,19-21H2,1-4H3/t24-/m1/s1. The van der Waals surface area contributed by atoms with Gasteiger partial charge in [0.1, 0.15) is 11.4 Å². The van der Waals surface area contributed by atoms with Gasteiger partial charge in [-0.1, -0.05) is 101 Å². The molecule has 0 N–H and O–H groups in total. The molecule has 0 aliphatic carbocycles. The van der Waals surface area contributed by atoms with Crippen molar-refractivity contribution in [2.45, 2.75) is 51.2 Å². The maximum atomic E-state index is 13.3. The second kappa shape index (κ2) is 14.3. The van der Waals surface area contributed by atoms with Gasteiger partial charge in [-0.25, -0.2) is 0 Å². The Kier molecular flexibility index (Phi) is 11.1. The number of ether oxygens (including phenoxy) is 3. The minimum absolute atomic E-state index is 0.0365. The van der Waals surface area contributed by atoms with Crippen LogP contribution in [0.3, 0.4) is 0 Å². The fourth-order valence-electron chi connectivity index (χ4n) is 3.64. The molecular weight excluding hydrogens is 504 g/mol. The molecule has 0 saturated heterocycles. The molecule has 0 fully saturated rings. The fourth-order valence-corrected chi connectivity index (χ4v) is 5.42. The summed E-state index contributed by atoms with van der Waals surface area (Å²) in [5.74, 6) is -0.361. The van der Waals surface area contributed by atoms with E-state index in [1.54, 1.807) is 21.6 Å². The van der Waals surface area contributed by atoms with Gasteiger partial charge in [-0.05, 0) is 43.5 Å². The van der Waals surface area contributed by atoms with E-state index in [1.807, 2.05) is 99.6 Å². The first-order chi connectivity index (χ1) is 17.8. The van der Waals surface area contributed by atoms with Crippen molar-refractivity contribution in [3.05, 3.63) is 95.6 Å². The van der Waals surface area contributed by atoms with Crippen molar-refractivity contribution in [1.82, 2.24) is 0 Å². The van der Waals surface area contributed by atoms with Crippen molar-refractivity contribution < 1.29 is 23.8 Å². The number of hydrogen-bond donors (Lipinski definition) is 0. The van der Waals surface area contributed by atoms with Crippen LogP contribution in [0.15, 0.2) is 83.8 Å². The molecule has 0 spiro atoms. The molecule has 0 radical (unpaired) electrons. The second-order valence-corrected chi connectivity index (χ2v) is 11.7. The highest BCUT2D eigenvalue weighted by atomic mass is 33.1. The molecule has 3 aromatic carbocycles. The molecule has 0 heterocycles. The topological polar surface area (TPSA) is 61.8 Å². The van der Waals surface area contributed by atoms with Crippen molar-refractivity contribution in [2.24, 2.45) is 5.92 Å². The van der Waals surface area contributed by atoms with Crippen LogP contribution in [0.25, 0.3) is 0 Å². The lowest BCUT2D eigenvalue weighted by molar-refractivity contribution is -0.167. The van der Waals surface area contributed by atoms with Crippen LogP contribution in [0.5, 0.6) is 5.75 Å². The number of benzene rings is 3. The van der Waals surface area contributed by atoms with Crippen LogP contribution in [0.4, 0.5) is 0 Å². The second-order valence-electron chi connectivity index (χ2n) is 9.07. The average Bonchev–Trinajstić information content (AvgIpc) is 2.89. The summed E-state index contributed by atoms with van der Waals surface area (Å²) in [6.07, 6.45) is -0.155. The van der Waals surface area contributed by atoms with Crippen LogP contribution in [0.1, 0.15) is 43.9 Å². The molecule has 0 aromatic heterocycles. The Morgan fingerprint density at radius 2 is 1.59 bits per heavy atom. The minimum atomic E-state index is -0.864. The lowest BCUT2D eigenvalue weighted by Gasteiger charge is -2.28. The molecule has 0 aliphatic heterocycles. The van der Waals surface area contributed by atoms with E-state index in [4.69, 9.17) is 14.2 Å². The third-order valence-corrected chi connectivity index (χ3v) is 8.11. The Bertz CT molecular complexity index is 1150. The molecule has 3 aromatic rings. The molecule has 7 heteroatoms. The van der Waals surface area contributed by atoms with Gasteiger partial charge in [-0.15, -0.1) is 0 Å². The zero-order valence-corrected chi connectivity index (χ0v) is 23.4. The molecule has 0 bridgehead atoms. The number of carbonyl (C=O) groups is 2. The van der Waals surface area contributed by atoms with E-state index in [0.29, 0.717) is 12.4 Å². The van der Waals surface area contributed by atoms with E-state index in [2.05, 4.69) is 6.92 Å². The lowest BCUT2D eigenvalue weighted by atomic mass is 9.97. The summed E-state index contributed by atoms with van der Waals surface area (Å²) in [7, 11) is 3.24. The van der Waals surface area contributed by atoms with E-state index in [-0.39, 0.29) is 13.0 Å². The Balaban J connectivity index is 1.73. The van der Waals surface area contributed by atoms with Crippen LogP contribution in [0, 0.1) is 12.8 Å². The number of hydrogen-bond acceptors (Lipinski definition) is 7. The van der Waals surface area contributed by atoms with Crippen LogP contribution in [-0.4, -0.2) is 24.3 Å². The number of rotatable bonds is 13. The first-order valence-electron chi connectivity index (χ1n) is 12.3. The third-order valence-electron chi connectivity index (χ3n) is 5.66. The van der Waals surface area contributed by atoms with E-state index >= 15 is 0 Å². The predicted octanol–water partition coefficient (Wildman–Crippen LogP) is 7.36. The molecule has 37 heavy (non-hydrogen) atoms. The Morgan fingerprint density at radius 3 is 2.27 bits per heavy atom. The van der Waals surface area contributed by atoms with Crippen LogP contribution in [0.2, 0.25) is 0 Å². The maximum absolute atomic E-state index is 13.3. The Morgan fingerprint density at radius 1 is 0.919 bits per heavy atom. The molecule has 0 amide bonds. The summed E-state index contributed by atoms with van der Waals surface area (Å²) in [4.78, 5) is 27.3. The molecule has 0 aliphatic rings. The first kappa shape index (κ1) is 28.8. The monoisotopic (exact) mass is 538 g/mol. The van der Waals surface area contributed by atoms with Gasteiger partial charge in [0.15, 0.2) is 0 Å². The molecule has 0 saturated carbocycles. The van der Waals surface area contributed by atoms with Gasteiger partial charge in [0.25, 0.3) is 0 Å². The quantitative estimate of drug-likeness (QED) is 0.128. The van der Waals surface area contributed by atoms with Crippen LogP contribution >= 0.6 is 21.6 Å². The summed E-state index contributed by atoms with van der Waals surface area (Å²) in [6.45, 7) is 8.01. The maximum Gasteiger partial charge on any atom is 0.312 e. The molecule has 1 atom stereocenters. The zero-order valence-electron chi connectivity index (χ0n) is 21.8. The highest BCUT2D eigenvalue weighted by Gasteiger charge is 2.32. The number of esters is 2. The Hall–Kier alpha value is -2.74. The van der Waals surface area contributed by atoms with E-state index in [1.165, 1.54) is 0 Å². The van der Waals surface area contributed by atoms with E-state index in [9.17, 15) is 9.59 Å². The van der Waals surface area contributed by atoms with Gasteiger partial charge in [-0.2, -0.15) is 0 Å². The van der Waals surface area contributed by atoms with Gasteiger partial charge in [-0.3, -0.25) is 9.59 Å². The van der Waals surface area contributed by atoms with Gasteiger partial charge < -0.3 is 14.2 Å². The molecular formula is C30H34O5S2. The van der Waals surface area contributed by atoms with Crippen molar-refractivity contribution in [3.63, 3.8) is 0 Å². The summed E-state index contributed by atoms with van der Waals surface area (Å²) in [6, 6.07) is 25.0. The zero-order chi connectivity index (χ0) is 26.7. The normalized spacial score (nSPS) is 12.1. The van der Waals surface area contributed by atoms with Gasteiger partial charge >= 0.3 is 11.9 Å². The van der Waals surface area contributed by atoms with E-state index < -0.39 is 23.5 Å². The number of carbonyl (C=O) groups excluding carboxylic acids is 2. The van der Waals surface area contributed by atoms with Crippen LogP contribution in [-0.2, 0) is 31.3 Å². The molecule has 196 valence electrons. The van der Waals surface area contributed by atoms with Crippen LogP contribution < -0.4 is 4.74 Å². The SMILES string of the molecule is CCSSc1cccc(C)c1OC(=O)C[C@H](COCc1ccccc1)C(=O)OC(C)(C)c1ccccc1. The third kappa shape index (κ3) is 8.95. The summed E-state index contributed by atoms with van der Waals surface area (Å²) in [5.41, 5.74) is 1.85. The summed E-state index contributed by atoms with van der Waals surface area (Å²) >= 11 is 0. The predicted molar refractivity (Wildman–Crippen MR) is 151 cm³/mol. The van der Waals surface area contributed by atoms with Gasteiger partial charge in [0.2, 0.25) is 0 Å². The smallest absolute Gasteiger partial charge is 0.312 e. The van der Waals surface area contributed by atoms with Crippen molar-refractivity contribution in [3.8, 4) is 5.75 Å². The van der Waals surface area contributed by atoms with Crippen molar-refractivity contribution in [2.75, 3.05) is 12.4 Å². The minimum Gasteiger partial charge on any atom is -0.454 e. The number of para-hydroxylation sites is 1. The van der Waals surface area contributed by atoms with Crippen molar-refractivity contribution in [1.29, 1.82) is 0 Å². The molecule has 5 nitrogen and oxygen atoms in total. The number of aryl methyl sites for hydroxylation is 1.